The summed E-state index contributed by atoms with van der Waals surface area (Å²) in [5.74, 6) is -0.553. The average Bonchev–Trinajstić information content (AvgIpc) is 2.58. The van der Waals surface area contributed by atoms with Crippen LogP contribution in [0.15, 0.2) is 12.4 Å². The predicted octanol–water partition coefficient (Wildman–Crippen LogP) is 3.30. The van der Waals surface area contributed by atoms with Crippen molar-refractivity contribution < 1.29 is 14.3 Å². The van der Waals surface area contributed by atoms with E-state index in [-0.39, 0.29) is 5.69 Å². The molecule has 2 N–H and O–H groups in total. The number of hydrogen-bond donors (Lipinski definition) is 2. The summed E-state index contributed by atoms with van der Waals surface area (Å²) in [6, 6.07) is 0.390. The highest BCUT2D eigenvalue weighted by Crippen LogP contribution is 2.36. The van der Waals surface area contributed by atoms with Gasteiger partial charge in [0.05, 0.1) is 17.3 Å². The zero-order valence-corrected chi connectivity index (χ0v) is 10.5. The Morgan fingerprint density at radius 1 is 1.58 bits per heavy atom. The topological polar surface area (TPSA) is 67.2 Å². The van der Waals surface area contributed by atoms with Crippen molar-refractivity contribution in [1.82, 2.24) is 9.55 Å². The molecule has 0 aromatic carbocycles. The van der Waals surface area contributed by atoms with E-state index in [1.807, 2.05) is 23.0 Å². The van der Waals surface area contributed by atoms with E-state index in [0.717, 1.165) is 18.4 Å². The third kappa shape index (κ3) is 1.83. The van der Waals surface area contributed by atoms with Crippen molar-refractivity contribution in [3.8, 4) is 0 Å². The lowest BCUT2D eigenvalue weighted by Gasteiger charge is -2.27. The van der Waals surface area contributed by atoms with Crippen LogP contribution < -0.4 is 5.32 Å². The zero-order valence-electron chi connectivity index (χ0n) is 10.5. The van der Waals surface area contributed by atoms with Crippen LogP contribution in [0.25, 0.3) is 11.0 Å². The van der Waals surface area contributed by atoms with Gasteiger partial charge in [0, 0.05) is 12.2 Å². The lowest BCUT2D eigenvalue weighted by atomic mass is 9.93. The van der Waals surface area contributed by atoms with E-state index in [4.69, 9.17) is 5.11 Å². The Morgan fingerprint density at radius 2 is 2.32 bits per heavy atom. The number of pyridine rings is 1. The van der Waals surface area contributed by atoms with Crippen LogP contribution >= 0.6 is 0 Å². The number of anilines is 1. The molecule has 1 saturated carbocycles. The Bertz CT molecular complexity index is 661. The number of carboxylic acid groups (broad SMARTS) is 1. The number of halogens is 1. The van der Waals surface area contributed by atoms with Crippen LogP contribution in [-0.2, 0) is 0 Å². The van der Waals surface area contributed by atoms with E-state index in [9.17, 15) is 9.18 Å². The summed E-state index contributed by atoms with van der Waals surface area (Å²) in [5, 5.41) is 11.1. The van der Waals surface area contributed by atoms with Crippen LogP contribution in [0.2, 0.25) is 0 Å². The Kier molecular flexibility index (Phi) is 2.66. The molecule has 0 radical (unpaired) electrons. The highest BCUT2D eigenvalue weighted by Gasteiger charge is 2.24. The van der Waals surface area contributed by atoms with Crippen molar-refractivity contribution in [3.63, 3.8) is 0 Å². The number of nitrogens with zero attached hydrogens (tertiary/aromatic N) is 2. The summed E-state index contributed by atoms with van der Waals surface area (Å²) in [7, 11) is 0. The Morgan fingerprint density at radius 3 is 2.89 bits per heavy atom. The highest BCUT2D eigenvalue weighted by molar-refractivity contribution is 5.89. The van der Waals surface area contributed by atoms with Gasteiger partial charge in [0.15, 0.2) is 5.82 Å². The molecule has 0 spiro atoms. The van der Waals surface area contributed by atoms with E-state index in [2.05, 4.69) is 4.98 Å². The summed E-state index contributed by atoms with van der Waals surface area (Å²) < 4.78 is 16.3. The van der Waals surface area contributed by atoms with E-state index in [1.165, 1.54) is 12.6 Å². The van der Waals surface area contributed by atoms with Crippen LogP contribution in [0.1, 0.15) is 30.9 Å². The lowest BCUT2D eigenvalue weighted by Crippen LogP contribution is -2.16. The first-order valence-electron chi connectivity index (χ1n) is 6.23. The zero-order chi connectivity index (χ0) is 13.6. The molecule has 1 aliphatic carbocycles. The fraction of sp³-hybridized carbons (Fsp3) is 0.385. The van der Waals surface area contributed by atoms with Crippen molar-refractivity contribution >= 4 is 22.8 Å². The number of amides is 1. The van der Waals surface area contributed by atoms with Crippen LogP contribution in [-0.4, -0.2) is 20.8 Å². The molecule has 0 atom stereocenters. The van der Waals surface area contributed by atoms with Gasteiger partial charge in [-0.25, -0.2) is 14.2 Å². The smallest absolute Gasteiger partial charge is 0.409 e. The molecule has 0 unspecified atom stereocenters. The summed E-state index contributed by atoms with van der Waals surface area (Å²) >= 11 is 0. The van der Waals surface area contributed by atoms with E-state index in [0.29, 0.717) is 17.1 Å². The van der Waals surface area contributed by atoms with Crippen molar-refractivity contribution in [2.24, 2.45) is 0 Å². The predicted molar refractivity (Wildman–Crippen MR) is 69.0 cm³/mol. The molecule has 5 nitrogen and oxygen atoms in total. The SMILES string of the molecule is Cc1cn(C2CCC2)c2ncc(NC(=O)O)c(F)c12. The minimum absolute atomic E-state index is 0.102. The first-order chi connectivity index (χ1) is 9.08. The number of nitrogens with one attached hydrogen (secondary N) is 1. The minimum atomic E-state index is -1.30. The third-order valence-corrected chi connectivity index (χ3v) is 3.68. The number of rotatable bonds is 2. The molecular weight excluding hydrogens is 249 g/mol. The third-order valence-electron chi connectivity index (χ3n) is 3.68. The maximum Gasteiger partial charge on any atom is 0.409 e. The van der Waals surface area contributed by atoms with Gasteiger partial charge in [0.1, 0.15) is 5.65 Å². The quantitative estimate of drug-likeness (QED) is 0.873. The van der Waals surface area contributed by atoms with E-state index >= 15 is 0 Å². The summed E-state index contributed by atoms with van der Waals surface area (Å²) in [6.07, 6.45) is 5.19. The van der Waals surface area contributed by atoms with Gasteiger partial charge in [-0.1, -0.05) is 0 Å². The van der Waals surface area contributed by atoms with Crippen molar-refractivity contribution in [1.29, 1.82) is 0 Å². The van der Waals surface area contributed by atoms with Crippen LogP contribution in [0.3, 0.4) is 0 Å². The van der Waals surface area contributed by atoms with Crippen molar-refractivity contribution in [2.45, 2.75) is 32.2 Å². The van der Waals surface area contributed by atoms with Gasteiger partial charge in [0.2, 0.25) is 0 Å². The monoisotopic (exact) mass is 263 g/mol. The van der Waals surface area contributed by atoms with Gasteiger partial charge in [-0.2, -0.15) is 0 Å². The lowest BCUT2D eigenvalue weighted by molar-refractivity contribution is 0.209. The molecule has 2 aromatic rings. The fourth-order valence-electron chi connectivity index (χ4n) is 2.50. The number of aryl methyl sites for hydroxylation is 1. The standard InChI is InChI=1S/C13H14FN3O2/c1-7-6-17(8-3-2-4-8)12-10(7)11(14)9(5-15-12)16-13(18)19/h5-6,8,16H,2-4H2,1H3,(H,18,19). The first-order valence-corrected chi connectivity index (χ1v) is 6.23. The molecule has 1 amide bonds. The molecule has 1 aliphatic rings. The van der Waals surface area contributed by atoms with Gasteiger partial charge in [0.25, 0.3) is 0 Å². The second-order valence-corrected chi connectivity index (χ2v) is 4.92. The second-order valence-electron chi connectivity index (χ2n) is 4.92. The van der Waals surface area contributed by atoms with E-state index in [1.54, 1.807) is 0 Å². The van der Waals surface area contributed by atoms with Crippen LogP contribution in [0.5, 0.6) is 0 Å². The molecule has 2 aromatic heterocycles. The molecule has 19 heavy (non-hydrogen) atoms. The van der Waals surface area contributed by atoms with Gasteiger partial charge < -0.3 is 9.67 Å². The summed E-state index contributed by atoms with van der Waals surface area (Å²) in [4.78, 5) is 14.8. The number of carbonyl (C=O) groups is 1. The van der Waals surface area contributed by atoms with Crippen molar-refractivity contribution in [2.75, 3.05) is 5.32 Å². The Labute approximate surface area is 109 Å². The largest absolute Gasteiger partial charge is 0.465 e. The Balaban J connectivity index is 2.15. The van der Waals surface area contributed by atoms with Gasteiger partial charge in [-0.3, -0.25) is 5.32 Å². The number of fused-ring (bicyclic) bond motifs is 1. The molecule has 0 bridgehead atoms. The van der Waals surface area contributed by atoms with Crippen molar-refractivity contribution in [3.05, 3.63) is 23.8 Å². The molecule has 6 heteroatoms. The Hall–Kier alpha value is -2.11. The maximum absolute atomic E-state index is 14.3. The highest BCUT2D eigenvalue weighted by atomic mass is 19.1. The first kappa shape index (κ1) is 12.0. The van der Waals surface area contributed by atoms with E-state index < -0.39 is 11.9 Å². The number of hydrogen-bond acceptors (Lipinski definition) is 2. The summed E-state index contributed by atoms with van der Waals surface area (Å²) in [5.41, 5.74) is 1.27. The van der Waals surface area contributed by atoms with Gasteiger partial charge in [-0.15, -0.1) is 0 Å². The van der Waals surface area contributed by atoms with Gasteiger partial charge in [-0.05, 0) is 31.7 Å². The molecule has 3 rings (SSSR count). The minimum Gasteiger partial charge on any atom is -0.465 e. The molecule has 100 valence electrons. The fourth-order valence-corrected chi connectivity index (χ4v) is 2.50. The number of aromatic nitrogens is 2. The molecule has 1 fully saturated rings. The molecular formula is C13H14FN3O2. The molecule has 0 saturated heterocycles. The normalized spacial score (nSPS) is 15.5. The molecule has 2 heterocycles. The average molecular weight is 263 g/mol. The van der Waals surface area contributed by atoms with Gasteiger partial charge >= 0.3 is 6.09 Å². The van der Waals surface area contributed by atoms with Crippen LogP contribution in [0, 0.1) is 12.7 Å². The van der Waals surface area contributed by atoms with Crippen LogP contribution in [0.4, 0.5) is 14.9 Å². The summed E-state index contributed by atoms with van der Waals surface area (Å²) in [6.45, 7) is 1.81. The molecule has 0 aliphatic heterocycles. The maximum atomic E-state index is 14.3. The second kappa shape index (κ2) is 4.22.